The van der Waals surface area contributed by atoms with Crippen LogP contribution in [0.5, 0.6) is 0 Å². The molecule has 1 unspecified atom stereocenters. The molecule has 0 fully saturated rings. The Morgan fingerprint density at radius 3 is 1.61 bits per heavy atom. The fraction of sp³-hybridized carbons (Fsp3) is 0.0667. The van der Waals surface area contributed by atoms with Crippen LogP contribution in [0.1, 0.15) is 12.5 Å². The zero-order valence-corrected chi connectivity index (χ0v) is 19.7. The minimum Gasteiger partial charge on any atom is -0.333 e. The highest BCUT2D eigenvalue weighted by Crippen LogP contribution is 2.40. The van der Waals surface area contributed by atoms with Gasteiger partial charge in [0.15, 0.2) is 0 Å². The Morgan fingerprint density at radius 1 is 0.576 bits per heavy atom. The van der Waals surface area contributed by atoms with E-state index in [1.807, 2.05) is 23.5 Å². The third-order valence-electron chi connectivity index (χ3n) is 5.99. The van der Waals surface area contributed by atoms with E-state index in [-0.39, 0.29) is 0 Å². The van der Waals surface area contributed by atoms with Gasteiger partial charge in [-0.05, 0) is 67.1 Å². The number of fused-ring (bicyclic) bond motifs is 3. The summed E-state index contributed by atoms with van der Waals surface area (Å²) in [4.78, 5) is 5.07. The van der Waals surface area contributed by atoms with Crippen molar-refractivity contribution in [2.24, 2.45) is 0 Å². The number of hydrogen-bond acceptors (Lipinski definition) is 2. The molecular formula is C30H23NS2. The molecule has 5 aromatic rings. The average Bonchev–Trinajstić information content (AvgIpc) is 3.19. The average molecular weight is 462 g/mol. The lowest BCUT2D eigenvalue weighted by atomic mass is 10.1. The van der Waals surface area contributed by atoms with Gasteiger partial charge < -0.3 is 4.57 Å². The van der Waals surface area contributed by atoms with Crippen LogP contribution in [-0.4, -0.2) is 4.57 Å². The smallest absolute Gasteiger partial charge is 0.0560 e. The van der Waals surface area contributed by atoms with Gasteiger partial charge in [-0.1, -0.05) is 84.2 Å². The van der Waals surface area contributed by atoms with Gasteiger partial charge in [-0.15, -0.1) is 0 Å². The summed E-state index contributed by atoms with van der Waals surface area (Å²) in [5.74, 6) is 0. The first kappa shape index (κ1) is 20.5. The molecule has 1 aliphatic carbocycles. The second-order valence-electron chi connectivity index (χ2n) is 8.17. The van der Waals surface area contributed by atoms with Crippen molar-refractivity contribution in [3.05, 3.63) is 121 Å². The predicted molar refractivity (Wildman–Crippen MR) is 143 cm³/mol. The first-order chi connectivity index (χ1) is 16.3. The Kier molecular flexibility index (Phi) is 5.59. The number of hydrogen-bond donors (Lipinski definition) is 0. The van der Waals surface area contributed by atoms with Crippen LogP contribution in [-0.2, 0) is 0 Å². The maximum Gasteiger partial charge on any atom is 0.0560 e. The zero-order valence-electron chi connectivity index (χ0n) is 18.1. The number of benzene rings is 4. The molecule has 4 aromatic carbocycles. The van der Waals surface area contributed by atoms with Gasteiger partial charge in [0.2, 0.25) is 0 Å². The Bertz CT molecular complexity index is 1380. The highest BCUT2D eigenvalue weighted by atomic mass is 32.2. The summed E-state index contributed by atoms with van der Waals surface area (Å²) in [6.45, 7) is 0. The topological polar surface area (TPSA) is 4.93 Å². The van der Waals surface area contributed by atoms with Gasteiger partial charge in [-0.3, -0.25) is 0 Å². The van der Waals surface area contributed by atoms with Crippen molar-refractivity contribution in [2.45, 2.75) is 32.0 Å². The molecule has 160 valence electrons. The summed E-state index contributed by atoms with van der Waals surface area (Å²) < 4.78 is 2.51. The minimum atomic E-state index is 0.343. The van der Waals surface area contributed by atoms with Crippen molar-refractivity contribution in [2.75, 3.05) is 0 Å². The molecule has 1 aromatic heterocycles. The Morgan fingerprint density at radius 2 is 1.12 bits per heavy atom. The summed E-state index contributed by atoms with van der Waals surface area (Å²) in [5, 5.41) is 2.65. The summed E-state index contributed by atoms with van der Waals surface area (Å²) in [5.41, 5.74) is 2.60. The molecular weight excluding hydrogens is 438 g/mol. The van der Waals surface area contributed by atoms with E-state index in [4.69, 9.17) is 0 Å². The van der Waals surface area contributed by atoms with Gasteiger partial charge in [0.05, 0.1) is 6.04 Å². The standard InChI is InChI=1S/C30H23NS2/c1-4-10-22(11-5-1)31-29-18-16-25(32-23-12-6-2-7-13-23)20-27(29)28-21-26(17-19-30(28)31)33-24-14-8-3-9-15-24/h1-10,12-22H,11H2. The maximum atomic E-state index is 2.51. The lowest BCUT2D eigenvalue weighted by Gasteiger charge is -2.18. The van der Waals surface area contributed by atoms with E-state index < -0.39 is 0 Å². The van der Waals surface area contributed by atoms with E-state index in [1.54, 1.807) is 0 Å². The third kappa shape index (κ3) is 4.15. The molecule has 0 spiro atoms. The number of allylic oxidation sites excluding steroid dienone is 4. The van der Waals surface area contributed by atoms with Crippen molar-refractivity contribution in [1.82, 2.24) is 4.57 Å². The van der Waals surface area contributed by atoms with Crippen LogP contribution < -0.4 is 0 Å². The van der Waals surface area contributed by atoms with Crippen LogP contribution in [0.15, 0.2) is 141 Å². The van der Waals surface area contributed by atoms with Crippen LogP contribution in [0.2, 0.25) is 0 Å². The van der Waals surface area contributed by atoms with Gasteiger partial charge in [-0.2, -0.15) is 0 Å². The monoisotopic (exact) mass is 461 g/mol. The molecule has 0 bridgehead atoms. The molecule has 1 nitrogen and oxygen atoms in total. The molecule has 1 aliphatic rings. The first-order valence-electron chi connectivity index (χ1n) is 11.2. The summed E-state index contributed by atoms with van der Waals surface area (Å²) in [6.07, 6.45) is 9.93. The largest absolute Gasteiger partial charge is 0.333 e. The van der Waals surface area contributed by atoms with Gasteiger partial charge in [-0.25, -0.2) is 0 Å². The normalized spacial score (nSPS) is 15.5. The molecule has 1 heterocycles. The van der Waals surface area contributed by atoms with Crippen LogP contribution in [0, 0.1) is 0 Å². The molecule has 3 heteroatoms. The van der Waals surface area contributed by atoms with E-state index in [0.717, 1.165) is 6.42 Å². The summed E-state index contributed by atoms with van der Waals surface area (Å²) in [7, 11) is 0. The van der Waals surface area contributed by atoms with Gasteiger partial charge in [0, 0.05) is 41.4 Å². The molecule has 0 radical (unpaired) electrons. The second-order valence-corrected chi connectivity index (χ2v) is 10.5. The molecule has 33 heavy (non-hydrogen) atoms. The second kappa shape index (κ2) is 9.01. The van der Waals surface area contributed by atoms with Crippen LogP contribution >= 0.6 is 23.5 Å². The predicted octanol–water partition coefficient (Wildman–Crippen LogP) is 9.15. The van der Waals surface area contributed by atoms with Gasteiger partial charge >= 0.3 is 0 Å². The third-order valence-corrected chi connectivity index (χ3v) is 7.99. The SMILES string of the molecule is C1=CCC(n2c3ccc(Sc4ccccc4)cc3c3cc(Sc4ccccc4)ccc32)C=C1. The minimum absolute atomic E-state index is 0.343. The highest BCUT2D eigenvalue weighted by molar-refractivity contribution is 7.99. The molecule has 0 N–H and O–H groups in total. The quantitative estimate of drug-likeness (QED) is 0.257. The highest BCUT2D eigenvalue weighted by Gasteiger charge is 2.18. The molecule has 6 rings (SSSR count). The van der Waals surface area contributed by atoms with Crippen molar-refractivity contribution in [1.29, 1.82) is 0 Å². The van der Waals surface area contributed by atoms with E-state index in [9.17, 15) is 0 Å². The molecule has 0 amide bonds. The van der Waals surface area contributed by atoms with Crippen molar-refractivity contribution in [3.8, 4) is 0 Å². The first-order valence-corrected chi connectivity index (χ1v) is 12.9. The van der Waals surface area contributed by atoms with E-state index in [2.05, 4.69) is 126 Å². The Labute approximate surface area is 202 Å². The van der Waals surface area contributed by atoms with Crippen molar-refractivity contribution < 1.29 is 0 Å². The number of nitrogens with zero attached hydrogens (tertiary/aromatic N) is 1. The summed E-state index contributed by atoms with van der Waals surface area (Å²) in [6, 6.07) is 35.4. The zero-order chi connectivity index (χ0) is 22.0. The van der Waals surface area contributed by atoms with Crippen LogP contribution in [0.4, 0.5) is 0 Å². The molecule has 0 saturated carbocycles. The van der Waals surface area contributed by atoms with Crippen molar-refractivity contribution >= 4 is 45.3 Å². The molecule has 0 saturated heterocycles. The number of rotatable bonds is 5. The van der Waals surface area contributed by atoms with Crippen LogP contribution in [0.3, 0.4) is 0 Å². The maximum absolute atomic E-state index is 2.51. The fourth-order valence-electron chi connectivity index (χ4n) is 4.50. The fourth-order valence-corrected chi connectivity index (χ4v) is 6.26. The molecule has 0 aliphatic heterocycles. The molecule has 1 atom stereocenters. The Hall–Kier alpha value is -3.14. The summed E-state index contributed by atoms with van der Waals surface area (Å²) >= 11 is 3.65. The Balaban J connectivity index is 1.49. The van der Waals surface area contributed by atoms with E-state index >= 15 is 0 Å². The lowest BCUT2D eigenvalue weighted by Crippen LogP contribution is -2.06. The van der Waals surface area contributed by atoms with Crippen LogP contribution in [0.25, 0.3) is 21.8 Å². The van der Waals surface area contributed by atoms with Gasteiger partial charge in [0.1, 0.15) is 0 Å². The number of aromatic nitrogens is 1. The van der Waals surface area contributed by atoms with E-state index in [1.165, 1.54) is 41.4 Å². The van der Waals surface area contributed by atoms with E-state index in [0.29, 0.717) is 6.04 Å². The van der Waals surface area contributed by atoms with Gasteiger partial charge in [0.25, 0.3) is 0 Å². The van der Waals surface area contributed by atoms with Crippen molar-refractivity contribution in [3.63, 3.8) is 0 Å². The lowest BCUT2D eigenvalue weighted by molar-refractivity contribution is 0.648.